The maximum Gasteiger partial charge on any atom is 0.0195 e. The second-order valence-corrected chi connectivity index (χ2v) is 6.45. The molecule has 0 spiro atoms. The van der Waals surface area contributed by atoms with Crippen LogP contribution in [0, 0.1) is 0 Å². The molecule has 1 heterocycles. The van der Waals surface area contributed by atoms with Crippen LogP contribution in [0.15, 0.2) is 0 Å². The van der Waals surface area contributed by atoms with Crippen LogP contribution in [0.5, 0.6) is 0 Å². The first kappa shape index (κ1) is 14.3. The summed E-state index contributed by atoms with van der Waals surface area (Å²) in [6.07, 6.45) is 7.78. The van der Waals surface area contributed by atoms with Crippen LogP contribution >= 0.6 is 0 Å². The SMILES string of the molecule is CCN1CCN(CCC2(N)CCCCC2)CC1C. The van der Waals surface area contributed by atoms with E-state index in [2.05, 4.69) is 23.6 Å². The normalized spacial score (nSPS) is 30.5. The molecule has 2 fully saturated rings. The molecule has 0 aromatic carbocycles. The predicted molar refractivity (Wildman–Crippen MR) is 77.8 cm³/mol. The first-order chi connectivity index (χ1) is 8.63. The van der Waals surface area contributed by atoms with E-state index in [1.165, 1.54) is 71.2 Å². The van der Waals surface area contributed by atoms with Crippen LogP contribution in [0.2, 0.25) is 0 Å². The van der Waals surface area contributed by atoms with Gasteiger partial charge >= 0.3 is 0 Å². The highest BCUT2D eigenvalue weighted by atomic mass is 15.3. The van der Waals surface area contributed by atoms with Crippen molar-refractivity contribution in [1.82, 2.24) is 9.80 Å². The maximum atomic E-state index is 6.53. The summed E-state index contributed by atoms with van der Waals surface area (Å²) in [5.74, 6) is 0. The Balaban J connectivity index is 1.74. The molecule has 0 radical (unpaired) electrons. The van der Waals surface area contributed by atoms with Crippen molar-refractivity contribution in [2.75, 3.05) is 32.7 Å². The zero-order chi connectivity index (χ0) is 13.0. The molecule has 1 aliphatic carbocycles. The standard InChI is InChI=1S/C15H31N3/c1-3-18-12-11-17(13-14(18)2)10-9-15(16)7-5-4-6-8-15/h14H,3-13,16H2,1-2H3. The van der Waals surface area contributed by atoms with Gasteiger partial charge in [0, 0.05) is 31.2 Å². The third-order valence-corrected chi connectivity index (χ3v) is 5.03. The minimum absolute atomic E-state index is 0.156. The Morgan fingerprint density at radius 3 is 2.50 bits per heavy atom. The van der Waals surface area contributed by atoms with Crippen molar-refractivity contribution in [3.05, 3.63) is 0 Å². The molecule has 0 aromatic rings. The van der Waals surface area contributed by atoms with E-state index in [0.29, 0.717) is 6.04 Å². The number of rotatable bonds is 4. The van der Waals surface area contributed by atoms with Crippen molar-refractivity contribution < 1.29 is 0 Å². The van der Waals surface area contributed by atoms with Gasteiger partial charge in [-0.15, -0.1) is 0 Å². The van der Waals surface area contributed by atoms with E-state index in [1.54, 1.807) is 0 Å². The highest BCUT2D eigenvalue weighted by Crippen LogP contribution is 2.29. The van der Waals surface area contributed by atoms with E-state index < -0.39 is 0 Å². The number of likely N-dealkylation sites (N-methyl/N-ethyl adjacent to an activating group) is 1. The largest absolute Gasteiger partial charge is 0.325 e. The zero-order valence-electron chi connectivity index (χ0n) is 12.3. The molecule has 1 saturated carbocycles. The monoisotopic (exact) mass is 253 g/mol. The first-order valence-electron chi connectivity index (χ1n) is 7.88. The van der Waals surface area contributed by atoms with Gasteiger partial charge in [-0.25, -0.2) is 0 Å². The number of nitrogens with two attached hydrogens (primary N) is 1. The van der Waals surface area contributed by atoms with Crippen LogP contribution in [-0.2, 0) is 0 Å². The summed E-state index contributed by atoms with van der Waals surface area (Å²) in [5, 5.41) is 0. The van der Waals surface area contributed by atoms with Gasteiger partial charge in [-0.05, 0) is 39.3 Å². The quantitative estimate of drug-likeness (QED) is 0.832. The number of piperazine rings is 1. The lowest BCUT2D eigenvalue weighted by Crippen LogP contribution is -2.53. The Kier molecular flexibility index (Phi) is 5.05. The van der Waals surface area contributed by atoms with E-state index in [1.807, 2.05) is 0 Å². The average molecular weight is 253 g/mol. The van der Waals surface area contributed by atoms with Gasteiger partial charge in [0.15, 0.2) is 0 Å². The number of hydrogen-bond donors (Lipinski definition) is 1. The van der Waals surface area contributed by atoms with Crippen LogP contribution in [0.25, 0.3) is 0 Å². The van der Waals surface area contributed by atoms with Crippen molar-refractivity contribution in [2.24, 2.45) is 5.73 Å². The fourth-order valence-corrected chi connectivity index (χ4v) is 3.63. The van der Waals surface area contributed by atoms with Crippen molar-refractivity contribution in [3.63, 3.8) is 0 Å². The van der Waals surface area contributed by atoms with Crippen molar-refractivity contribution in [2.45, 2.75) is 64.0 Å². The van der Waals surface area contributed by atoms with Gasteiger partial charge in [0.2, 0.25) is 0 Å². The lowest BCUT2D eigenvalue weighted by Gasteiger charge is -2.41. The Hall–Kier alpha value is -0.120. The van der Waals surface area contributed by atoms with Crippen LogP contribution in [0.4, 0.5) is 0 Å². The van der Waals surface area contributed by atoms with Crippen LogP contribution < -0.4 is 5.73 Å². The lowest BCUT2D eigenvalue weighted by atomic mass is 9.80. The zero-order valence-corrected chi connectivity index (χ0v) is 12.3. The molecule has 1 atom stereocenters. The predicted octanol–water partition coefficient (Wildman–Crippen LogP) is 2.06. The van der Waals surface area contributed by atoms with Gasteiger partial charge in [-0.2, -0.15) is 0 Å². The second-order valence-electron chi connectivity index (χ2n) is 6.45. The Morgan fingerprint density at radius 2 is 1.89 bits per heavy atom. The summed E-state index contributed by atoms with van der Waals surface area (Å²) in [4.78, 5) is 5.20. The second kappa shape index (κ2) is 6.36. The van der Waals surface area contributed by atoms with Crippen LogP contribution in [0.3, 0.4) is 0 Å². The van der Waals surface area contributed by atoms with Crippen LogP contribution in [0.1, 0.15) is 52.4 Å². The van der Waals surface area contributed by atoms with E-state index in [-0.39, 0.29) is 5.54 Å². The fraction of sp³-hybridized carbons (Fsp3) is 1.00. The van der Waals surface area contributed by atoms with Gasteiger partial charge in [-0.1, -0.05) is 26.2 Å². The third kappa shape index (κ3) is 3.69. The Labute approximate surface area is 113 Å². The molecule has 2 N–H and O–H groups in total. The van der Waals surface area contributed by atoms with Gasteiger partial charge in [0.25, 0.3) is 0 Å². The van der Waals surface area contributed by atoms with Gasteiger partial charge in [-0.3, -0.25) is 4.90 Å². The highest BCUT2D eigenvalue weighted by molar-refractivity contribution is 4.89. The summed E-state index contributed by atoms with van der Waals surface area (Å²) in [7, 11) is 0. The molecule has 1 aliphatic heterocycles. The molecule has 106 valence electrons. The van der Waals surface area contributed by atoms with E-state index in [9.17, 15) is 0 Å². The Morgan fingerprint density at radius 1 is 1.17 bits per heavy atom. The number of hydrogen-bond acceptors (Lipinski definition) is 3. The maximum absolute atomic E-state index is 6.53. The molecule has 0 amide bonds. The van der Waals surface area contributed by atoms with E-state index >= 15 is 0 Å². The van der Waals surface area contributed by atoms with Gasteiger partial charge in [0.1, 0.15) is 0 Å². The third-order valence-electron chi connectivity index (χ3n) is 5.03. The molecule has 0 aromatic heterocycles. The molecule has 3 nitrogen and oxygen atoms in total. The summed E-state index contributed by atoms with van der Waals surface area (Å²) in [6.45, 7) is 10.7. The summed E-state index contributed by atoms with van der Waals surface area (Å²) >= 11 is 0. The minimum Gasteiger partial charge on any atom is -0.325 e. The molecule has 0 bridgehead atoms. The fourth-order valence-electron chi connectivity index (χ4n) is 3.63. The lowest BCUT2D eigenvalue weighted by molar-refractivity contribution is 0.0799. The molecular formula is C15H31N3. The summed E-state index contributed by atoms with van der Waals surface area (Å²) < 4.78 is 0. The average Bonchev–Trinajstić information content (AvgIpc) is 2.38. The molecule has 2 rings (SSSR count). The molecule has 1 saturated heterocycles. The summed E-state index contributed by atoms with van der Waals surface area (Å²) in [6, 6.07) is 0.712. The van der Waals surface area contributed by atoms with Gasteiger partial charge < -0.3 is 10.6 Å². The number of nitrogens with zero attached hydrogens (tertiary/aromatic N) is 2. The van der Waals surface area contributed by atoms with E-state index in [4.69, 9.17) is 5.73 Å². The molecule has 1 unspecified atom stereocenters. The van der Waals surface area contributed by atoms with Crippen molar-refractivity contribution in [3.8, 4) is 0 Å². The first-order valence-corrected chi connectivity index (χ1v) is 7.88. The van der Waals surface area contributed by atoms with Crippen molar-refractivity contribution in [1.29, 1.82) is 0 Å². The van der Waals surface area contributed by atoms with Crippen LogP contribution in [-0.4, -0.2) is 54.1 Å². The van der Waals surface area contributed by atoms with Gasteiger partial charge in [0.05, 0.1) is 0 Å². The molecule has 18 heavy (non-hydrogen) atoms. The highest BCUT2D eigenvalue weighted by Gasteiger charge is 2.29. The Bertz CT molecular complexity index is 248. The molecule has 2 aliphatic rings. The van der Waals surface area contributed by atoms with Crippen molar-refractivity contribution >= 4 is 0 Å². The topological polar surface area (TPSA) is 32.5 Å². The molecular weight excluding hydrogens is 222 g/mol. The minimum atomic E-state index is 0.156. The summed E-state index contributed by atoms with van der Waals surface area (Å²) in [5.41, 5.74) is 6.68. The smallest absolute Gasteiger partial charge is 0.0195 e. The van der Waals surface area contributed by atoms with E-state index in [0.717, 1.165) is 0 Å². The molecule has 3 heteroatoms.